The number of allylic oxidation sites excluding steroid dienone is 2. The van der Waals surface area contributed by atoms with Gasteiger partial charge in [-0.25, -0.2) is 4.90 Å². The van der Waals surface area contributed by atoms with Crippen LogP contribution in [0.4, 0.5) is 5.69 Å². The number of ether oxygens (including phenoxy) is 5. The number of hydrogen-bond donors (Lipinski definition) is 0. The first-order valence-electron chi connectivity index (χ1n) is 18.2. The number of nitrogens with zero attached hydrogens (tertiary/aromatic N) is 1. The Hall–Kier alpha value is -6.68. The fourth-order valence-electron chi connectivity index (χ4n) is 9.65. The second-order valence-corrected chi connectivity index (χ2v) is 14.2. The number of fused-ring (bicyclic) bond motifs is 7. The Morgan fingerprint density at radius 2 is 1.15 bits per heavy atom. The lowest BCUT2D eigenvalue weighted by molar-refractivity contribution is -0.130. The number of ketones is 2. The zero-order valence-electron chi connectivity index (χ0n) is 29.9. The van der Waals surface area contributed by atoms with Crippen LogP contribution in [0, 0.1) is 11.8 Å². The van der Waals surface area contributed by atoms with Crippen molar-refractivity contribution in [3.05, 3.63) is 143 Å². The summed E-state index contributed by atoms with van der Waals surface area (Å²) in [6, 6.07) is 34.3. The van der Waals surface area contributed by atoms with E-state index in [1.165, 1.54) is 13.0 Å². The van der Waals surface area contributed by atoms with E-state index in [0.717, 1.165) is 4.90 Å². The summed E-state index contributed by atoms with van der Waals surface area (Å²) in [4.78, 5) is 61.4. The smallest absolute Gasteiger partial charge is 0.239 e. The minimum Gasteiger partial charge on any atom is -0.492 e. The minimum atomic E-state index is -1.67. The molecule has 272 valence electrons. The SMILES string of the molecule is CCOc1ccc(C(C)=O)cc1N1C(=O)[C@H]2[C@H](C1=O)[C@@]1(c3ccccc3)C(=O)[C@@]2(c2ccccc2)C(c2ccc3c(c2)OCO3)=C1c1ccc2c(c1)OCO2. The van der Waals surface area contributed by atoms with Gasteiger partial charge in [0.05, 0.1) is 35.0 Å². The summed E-state index contributed by atoms with van der Waals surface area (Å²) in [5.41, 5.74) is 0.698. The Morgan fingerprint density at radius 1 is 0.655 bits per heavy atom. The van der Waals surface area contributed by atoms with Gasteiger partial charge in [0.2, 0.25) is 25.4 Å². The van der Waals surface area contributed by atoms with Crippen LogP contribution >= 0.6 is 0 Å². The van der Waals surface area contributed by atoms with Crippen molar-refractivity contribution >= 4 is 40.2 Å². The summed E-state index contributed by atoms with van der Waals surface area (Å²) in [5.74, 6) is -1.64. The van der Waals surface area contributed by atoms with Crippen molar-refractivity contribution in [3.8, 4) is 28.7 Å². The van der Waals surface area contributed by atoms with Crippen molar-refractivity contribution in [1.82, 2.24) is 0 Å². The van der Waals surface area contributed by atoms with E-state index in [9.17, 15) is 4.79 Å². The molecule has 3 aliphatic heterocycles. The number of rotatable bonds is 8. The highest BCUT2D eigenvalue weighted by atomic mass is 16.7. The van der Waals surface area contributed by atoms with Crippen LogP contribution in [0.2, 0.25) is 0 Å². The summed E-state index contributed by atoms with van der Waals surface area (Å²) in [7, 11) is 0. The number of anilines is 1. The monoisotopic (exact) mass is 731 g/mol. The van der Waals surface area contributed by atoms with Crippen molar-refractivity contribution in [2.24, 2.45) is 11.8 Å². The normalized spacial score (nSPS) is 24.2. The zero-order valence-corrected chi connectivity index (χ0v) is 29.9. The Balaban J connectivity index is 1.35. The molecule has 0 aromatic heterocycles. The average Bonchev–Trinajstić information content (AvgIpc) is 4.02. The third-order valence-electron chi connectivity index (χ3n) is 11.7. The molecule has 0 N–H and O–H groups in total. The Labute approximate surface area is 315 Å². The quantitative estimate of drug-likeness (QED) is 0.124. The molecule has 10 rings (SSSR count). The standard InChI is InChI=1S/C45H33NO9/c1-3-51-32-17-14-26(25(2)47)20-31(32)46-41(48)39-40(42(46)49)45(30-12-8-5-9-13-30)38(28-16-19-34-36(22-28)55-24-53-34)37(27-15-18-33-35(21-27)54-23-52-33)44(39,43(45)50)29-10-6-4-7-11-29/h4-22,39-40H,3,23-24H2,1-2H3/t39-,40-,44+,45+/m1/s1. The van der Waals surface area contributed by atoms with E-state index < -0.39 is 34.5 Å². The van der Waals surface area contributed by atoms with Crippen LogP contribution in [0.1, 0.15) is 46.5 Å². The van der Waals surface area contributed by atoms with Gasteiger partial charge in [0, 0.05) is 5.56 Å². The largest absolute Gasteiger partial charge is 0.492 e. The molecule has 55 heavy (non-hydrogen) atoms. The molecule has 2 aliphatic carbocycles. The van der Waals surface area contributed by atoms with E-state index in [1.54, 1.807) is 31.2 Å². The molecule has 0 radical (unpaired) electrons. The predicted octanol–water partition coefficient (Wildman–Crippen LogP) is 6.93. The molecule has 3 heterocycles. The van der Waals surface area contributed by atoms with Crippen molar-refractivity contribution in [2.45, 2.75) is 24.7 Å². The van der Waals surface area contributed by atoms with E-state index in [2.05, 4.69) is 0 Å². The van der Waals surface area contributed by atoms with Crippen LogP contribution in [-0.4, -0.2) is 43.6 Å². The third-order valence-corrected chi connectivity index (χ3v) is 11.7. The number of carbonyl (C=O) groups is 4. The van der Waals surface area contributed by atoms with Crippen molar-refractivity contribution in [1.29, 1.82) is 0 Å². The van der Waals surface area contributed by atoms with Crippen LogP contribution in [0.3, 0.4) is 0 Å². The van der Waals surface area contributed by atoms with Gasteiger partial charge < -0.3 is 23.7 Å². The highest BCUT2D eigenvalue weighted by molar-refractivity contribution is 6.39. The van der Waals surface area contributed by atoms with Gasteiger partial charge in [-0.3, -0.25) is 19.2 Å². The van der Waals surface area contributed by atoms with Gasteiger partial charge in [0.25, 0.3) is 0 Å². The van der Waals surface area contributed by atoms with Crippen LogP contribution in [0.5, 0.6) is 28.7 Å². The molecular formula is C45H33NO9. The first-order chi connectivity index (χ1) is 26.8. The molecule has 5 aromatic carbocycles. The van der Waals surface area contributed by atoms with E-state index in [-0.39, 0.29) is 43.2 Å². The third kappa shape index (κ3) is 4.24. The molecule has 2 amide bonds. The molecule has 10 nitrogen and oxygen atoms in total. The Kier molecular flexibility index (Phi) is 7.13. The number of benzene rings is 5. The number of amides is 2. The number of Topliss-reactive ketones (excluding diaryl/α,β-unsaturated/α-hetero) is 2. The molecule has 4 atom stereocenters. The van der Waals surface area contributed by atoms with Crippen LogP contribution in [0.25, 0.3) is 11.1 Å². The summed E-state index contributed by atoms with van der Waals surface area (Å²) < 4.78 is 29.2. The van der Waals surface area contributed by atoms with E-state index in [4.69, 9.17) is 23.7 Å². The maximum absolute atomic E-state index is 16.4. The maximum atomic E-state index is 16.4. The van der Waals surface area contributed by atoms with Gasteiger partial charge in [-0.05, 0) is 89.7 Å². The highest BCUT2D eigenvalue weighted by Gasteiger charge is 2.83. The van der Waals surface area contributed by atoms with Gasteiger partial charge in [-0.2, -0.15) is 0 Å². The molecule has 1 saturated heterocycles. The van der Waals surface area contributed by atoms with Gasteiger partial charge in [0.1, 0.15) is 5.75 Å². The lowest BCUT2D eigenvalue weighted by atomic mass is 9.59. The van der Waals surface area contributed by atoms with Crippen LogP contribution < -0.4 is 28.6 Å². The molecule has 2 bridgehead atoms. The first-order valence-corrected chi connectivity index (χ1v) is 18.2. The lowest BCUT2D eigenvalue weighted by Crippen LogP contribution is -2.45. The van der Waals surface area contributed by atoms with Gasteiger partial charge >= 0.3 is 0 Å². The van der Waals surface area contributed by atoms with Gasteiger partial charge in [0.15, 0.2) is 34.6 Å². The molecule has 2 fully saturated rings. The van der Waals surface area contributed by atoms with E-state index in [1.807, 2.05) is 84.9 Å². The molecule has 0 unspecified atom stereocenters. The second-order valence-electron chi connectivity index (χ2n) is 14.2. The van der Waals surface area contributed by atoms with Gasteiger partial charge in [-0.15, -0.1) is 0 Å². The van der Waals surface area contributed by atoms with Crippen molar-refractivity contribution in [2.75, 3.05) is 25.1 Å². The molecule has 5 aromatic rings. The molecule has 5 aliphatic rings. The first kappa shape index (κ1) is 32.9. The summed E-state index contributed by atoms with van der Waals surface area (Å²) in [6.45, 7) is 3.56. The lowest BCUT2D eigenvalue weighted by Gasteiger charge is -2.39. The van der Waals surface area contributed by atoms with Crippen LogP contribution in [0.15, 0.2) is 115 Å². The van der Waals surface area contributed by atoms with Gasteiger partial charge in [-0.1, -0.05) is 72.8 Å². The average molecular weight is 732 g/mol. The van der Waals surface area contributed by atoms with E-state index in [0.29, 0.717) is 62.0 Å². The number of carbonyl (C=O) groups excluding carboxylic acids is 4. The Bertz CT molecular complexity index is 2390. The summed E-state index contributed by atoms with van der Waals surface area (Å²) in [5, 5.41) is 0. The van der Waals surface area contributed by atoms with E-state index >= 15 is 14.4 Å². The molecule has 10 heteroatoms. The molecular weight excluding hydrogens is 698 g/mol. The topological polar surface area (TPSA) is 118 Å². The predicted molar refractivity (Wildman–Crippen MR) is 200 cm³/mol. The fraction of sp³-hybridized carbons (Fsp3) is 0.200. The van der Waals surface area contributed by atoms with Crippen molar-refractivity contribution < 1.29 is 42.9 Å². The molecule has 1 saturated carbocycles. The second kappa shape index (κ2) is 11.9. The summed E-state index contributed by atoms with van der Waals surface area (Å²) in [6.07, 6.45) is 0. The maximum Gasteiger partial charge on any atom is 0.239 e. The highest BCUT2D eigenvalue weighted by Crippen LogP contribution is 2.75. The Morgan fingerprint density at radius 3 is 1.62 bits per heavy atom. The van der Waals surface area contributed by atoms with Crippen molar-refractivity contribution in [3.63, 3.8) is 0 Å². The molecule has 0 spiro atoms. The minimum absolute atomic E-state index is 0.0394. The number of imide groups is 1. The fourth-order valence-corrected chi connectivity index (χ4v) is 9.65. The van der Waals surface area contributed by atoms with Crippen LogP contribution in [-0.2, 0) is 25.2 Å². The number of hydrogen-bond acceptors (Lipinski definition) is 9. The zero-order chi connectivity index (χ0) is 37.6. The summed E-state index contributed by atoms with van der Waals surface area (Å²) >= 11 is 0.